The lowest BCUT2D eigenvalue weighted by Gasteiger charge is -2.11. The number of pyridine rings is 1. The molecular formula is C12H12BrNO2S. The van der Waals surface area contributed by atoms with E-state index in [1.165, 1.54) is 6.26 Å². The number of benzene rings is 1. The van der Waals surface area contributed by atoms with E-state index in [1.54, 1.807) is 13.1 Å². The smallest absolute Gasteiger partial charge is 0.154 e. The number of sulfone groups is 1. The van der Waals surface area contributed by atoms with E-state index in [4.69, 9.17) is 0 Å². The van der Waals surface area contributed by atoms with Crippen LogP contribution in [0.25, 0.3) is 10.9 Å². The minimum Gasteiger partial charge on any atom is -0.255 e. The van der Waals surface area contributed by atoms with Crippen LogP contribution < -0.4 is 0 Å². The van der Waals surface area contributed by atoms with Crippen molar-refractivity contribution in [2.75, 3.05) is 6.26 Å². The van der Waals surface area contributed by atoms with Gasteiger partial charge in [-0.25, -0.2) is 8.42 Å². The van der Waals surface area contributed by atoms with Gasteiger partial charge in [-0.1, -0.05) is 6.07 Å². The van der Waals surface area contributed by atoms with E-state index >= 15 is 0 Å². The SMILES string of the molecule is C[C@@H](c1cc(Br)c2ncccc2c1)S(C)(=O)=O. The van der Waals surface area contributed by atoms with Crippen molar-refractivity contribution in [1.82, 2.24) is 4.98 Å². The average molecular weight is 314 g/mol. The second-order valence-electron chi connectivity index (χ2n) is 4.05. The van der Waals surface area contributed by atoms with Crippen LogP contribution in [0.15, 0.2) is 34.9 Å². The molecule has 1 aromatic carbocycles. The molecule has 17 heavy (non-hydrogen) atoms. The molecule has 2 rings (SSSR count). The van der Waals surface area contributed by atoms with E-state index in [0.717, 1.165) is 20.9 Å². The zero-order chi connectivity index (χ0) is 12.6. The van der Waals surface area contributed by atoms with Crippen LogP contribution in [-0.4, -0.2) is 19.7 Å². The summed E-state index contributed by atoms with van der Waals surface area (Å²) >= 11 is 3.43. The van der Waals surface area contributed by atoms with Crippen molar-refractivity contribution >= 4 is 36.7 Å². The van der Waals surface area contributed by atoms with Gasteiger partial charge in [-0.15, -0.1) is 0 Å². The highest BCUT2D eigenvalue weighted by Crippen LogP contribution is 2.29. The minimum atomic E-state index is -3.08. The number of aromatic nitrogens is 1. The van der Waals surface area contributed by atoms with Gasteiger partial charge in [-0.05, 0) is 46.6 Å². The predicted molar refractivity (Wildman–Crippen MR) is 72.7 cm³/mol. The van der Waals surface area contributed by atoms with E-state index in [2.05, 4.69) is 20.9 Å². The number of fused-ring (bicyclic) bond motifs is 1. The maximum Gasteiger partial charge on any atom is 0.154 e. The molecular weight excluding hydrogens is 302 g/mol. The predicted octanol–water partition coefficient (Wildman–Crippen LogP) is 3.10. The van der Waals surface area contributed by atoms with Crippen LogP contribution in [-0.2, 0) is 9.84 Å². The molecule has 0 saturated carbocycles. The van der Waals surface area contributed by atoms with Gasteiger partial charge in [0.05, 0.1) is 10.8 Å². The van der Waals surface area contributed by atoms with E-state index in [0.29, 0.717) is 0 Å². The molecule has 0 radical (unpaired) electrons. The van der Waals surface area contributed by atoms with Crippen molar-refractivity contribution in [3.63, 3.8) is 0 Å². The Labute approximate surface area is 109 Å². The highest BCUT2D eigenvalue weighted by molar-refractivity contribution is 9.10. The Morgan fingerprint density at radius 1 is 1.35 bits per heavy atom. The van der Waals surface area contributed by atoms with Crippen molar-refractivity contribution < 1.29 is 8.42 Å². The van der Waals surface area contributed by atoms with Crippen LogP contribution >= 0.6 is 15.9 Å². The van der Waals surface area contributed by atoms with Gasteiger partial charge >= 0.3 is 0 Å². The van der Waals surface area contributed by atoms with Gasteiger partial charge in [-0.3, -0.25) is 4.98 Å². The summed E-state index contributed by atoms with van der Waals surface area (Å²) in [5.41, 5.74) is 1.62. The Hall–Kier alpha value is -0.940. The molecule has 0 bridgehead atoms. The highest BCUT2D eigenvalue weighted by atomic mass is 79.9. The lowest BCUT2D eigenvalue weighted by Crippen LogP contribution is -2.07. The first-order valence-corrected chi connectivity index (χ1v) is 7.87. The molecule has 1 atom stereocenters. The average Bonchev–Trinajstić information content (AvgIpc) is 2.27. The van der Waals surface area contributed by atoms with Crippen LogP contribution in [0.2, 0.25) is 0 Å². The Balaban J connectivity index is 2.66. The Bertz CT molecular complexity index is 667. The normalized spacial score (nSPS) is 13.8. The van der Waals surface area contributed by atoms with Crippen LogP contribution in [0.1, 0.15) is 17.7 Å². The summed E-state index contributed by atoms with van der Waals surface area (Å²) in [6, 6.07) is 7.45. The van der Waals surface area contributed by atoms with Crippen molar-refractivity contribution in [3.05, 3.63) is 40.5 Å². The topological polar surface area (TPSA) is 47.0 Å². The molecule has 0 saturated heterocycles. The molecule has 0 fully saturated rings. The zero-order valence-corrected chi connectivity index (χ0v) is 11.9. The summed E-state index contributed by atoms with van der Waals surface area (Å²) in [5.74, 6) is 0. The lowest BCUT2D eigenvalue weighted by molar-refractivity contribution is 0.592. The molecule has 0 unspecified atom stereocenters. The van der Waals surface area contributed by atoms with Gasteiger partial charge < -0.3 is 0 Å². The molecule has 0 aliphatic carbocycles. The van der Waals surface area contributed by atoms with E-state index in [-0.39, 0.29) is 0 Å². The van der Waals surface area contributed by atoms with Gasteiger partial charge in [0, 0.05) is 22.3 Å². The fourth-order valence-electron chi connectivity index (χ4n) is 1.65. The van der Waals surface area contributed by atoms with Crippen molar-refractivity contribution in [2.24, 2.45) is 0 Å². The van der Waals surface area contributed by atoms with Crippen LogP contribution in [0.3, 0.4) is 0 Å². The fraction of sp³-hybridized carbons (Fsp3) is 0.250. The summed E-state index contributed by atoms with van der Waals surface area (Å²) in [4.78, 5) is 4.25. The minimum absolute atomic E-state index is 0.511. The number of rotatable bonds is 2. The van der Waals surface area contributed by atoms with E-state index in [1.807, 2.05) is 24.3 Å². The molecule has 0 aliphatic rings. The summed E-state index contributed by atoms with van der Waals surface area (Å²) in [6.45, 7) is 1.69. The molecule has 5 heteroatoms. The Morgan fingerprint density at radius 3 is 2.71 bits per heavy atom. The summed E-state index contributed by atoms with van der Waals surface area (Å²) in [7, 11) is -3.08. The van der Waals surface area contributed by atoms with Crippen LogP contribution in [0, 0.1) is 0 Å². The van der Waals surface area contributed by atoms with Gasteiger partial charge in [0.1, 0.15) is 0 Å². The highest BCUT2D eigenvalue weighted by Gasteiger charge is 2.18. The van der Waals surface area contributed by atoms with Crippen molar-refractivity contribution in [2.45, 2.75) is 12.2 Å². The maximum atomic E-state index is 11.5. The molecule has 1 aromatic heterocycles. The third-order valence-electron chi connectivity index (χ3n) is 2.79. The first kappa shape index (κ1) is 12.5. The standard InChI is InChI=1S/C12H12BrNO2S/c1-8(17(2,15)16)10-6-9-4-3-5-14-12(9)11(13)7-10/h3-8H,1-2H3/t8-/m0/s1. The van der Waals surface area contributed by atoms with Crippen LogP contribution in [0.5, 0.6) is 0 Å². The third-order valence-corrected chi connectivity index (χ3v) is 4.95. The summed E-state index contributed by atoms with van der Waals surface area (Å²) in [5, 5.41) is 0.427. The van der Waals surface area contributed by atoms with Crippen LogP contribution in [0.4, 0.5) is 0 Å². The number of hydrogen-bond acceptors (Lipinski definition) is 3. The third kappa shape index (κ3) is 2.50. The second-order valence-corrected chi connectivity index (χ2v) is 7.27. The number of nitrogens with zero attached hydrogens (tertiary/aromatic N) is 1. The maximum absolute atomic E-state index is 11.5. The van der Waals surface area contributed by atoms with Gasteiger partial charge in [-0.2, -0.15) is 0 Å². The van der Waals surface area contributed by atoms with Gasteiger partial charge in [0.15, 0.2) is 9.84 Å². The molecule has 0 amide bonds. The summed E-state index contributed by atoms with van der Waals surface area (Å²) < 4.78 is 23.9. The number of hydrogen-bond donors (Lipinski definition) is 0. The van der Waals surface area contributed by atoms with Crippen molar-refractivity contribution in [1.29, 1.82) is 0 Å². The van der Waals surface area contributed by atoms with E-state index < -0.39 is 15.1 Å². The molecule has 3 nitrogen and oxygen atoms in total. The fourth-order valence-corrected chi connectivity index (χ4v) is 2.88. The van der Waals surface area contributed by atoms with Crippen molar-refractivity contribution in [3.8, 4) is 0 Å². The largest absolute Gasteiger partial charge is 0.255 e. The van der Waals surface area contributed by atoms with Gasteiger partial charge in [0.2, 0.25) is 0 Å². The Kier molecular flexibility index (Phi) is 3.23. The van der Waals surface area contributed by atoms with Gasteiger partial charge in [0.25, 0.3) is 0 Å². The quantitative estimate of drug-likeness (QED) is 0.856. The first-order chi connectivity index (χ1) is 7.89. The molecule has 0 N–H and O–H groups in total. The second kappa shape index (κ2) is 4.38. The van der Waals surface area contributed by atoms with E-state index in [9.17, 15) is 8.42 Å². The lowest BCUT2D eigenvalue weighted by atomic mass is 10.1. The summed E-state index contributed by atoms with van der Waals surface area (Å²) in [6.07, 6.45) is 2.96. The monoisotopic (exact) mass is 313 g/mol. The number of halogens is 1. The Morgan fingerprint density at radius 2 is 2.06 bits per heavy atom. The molecule has 0 spiro atoms. The molecule has 0 aliphatic heterocycles. The molecule has 2 aromatic rings. The molecule has 1 heterocycles. The first-order valence-electron chi connectivity index (χ1n) is 5.12. The zero-order valence-electron chi connectivity index (χ0n) is 9.51. The molecule has 90 valence electrons.